The third kappa shape index (κ3) is 3.23. The third-order valence-corrected chi connectivity index (χ3v) is 6.56. The average molecular weight is 372 g/mol. The highest BCUT2D eigenvalue weighted by Gasteiger charge is 2.42. The molecule has 0 saturated carbocycles. The molecule has 1 aliphatic heterocycles. The van der Waals surface area contributed by atoms with Crippen LogP contribution in [-0.4, -0.2) is 31.2 Å². The summed E-state index contributed by atoms with van der Waals surface area (Å²) in [4.78, 5) is 19.3. The summed E-state index contributed by atoms with van der Waals surface area (Å²) in [6, 6.07) is 7.83. The average Bonchev–Trinajstić information content (AvgIpc) is 3.11. The quantitative estimate of drug-likeness (QED) is 0.889. The van der Waals surface area contributed by atoms with Gasteiger partial charge in [0.25, 0.3) is 0 Å². The molecule has 1 N–H and O–H groups in total. The minimum atomic E-state index is -0.573. The van der Waals surface area contributed by atoms with E-state index < -0.39 is 5.41 Å². The first-order valence-corrected chi connectivity index (χ1v) is 10.1. The summed E-state index contributed by atoms with van der Waals surface area (Å²) >= 11 is 1.63. The Hall–Kier alpha value is -1.92. The van der Waals surface area contributed by atoms with Crippen molar-refractivity contribution in [2.45, 2.75) is 43.9 Å². The van der Waals surface area contributed by atoms with E-state index >= 15 is 0 Å². The Balaban J connectivity index is 1.60. The molecule has 1 amide bonds. The van der Waals surface area contributed by atoms with E-state index in [-0.39, 0.29) is 5.91 Å². The van der Waals surface area contributed by atoms with Crippen LogP contribution in [0.2, 0.25) is 0 Å². The fourth-order valence-electron chi connectivity index (χ4n) is 3.90. The van der Waals surface area contributed by atoms with E-state index in [0.29, 0.717) is 26.1 Å². The Morgan fingerprint density at radius 3 is 2.62 bits per heavy atom. The van der Waals surface area contributed by atoms with Crippen LogP contribution >= 0.6 is 11.3 Å². The van der Waals surface area contributed by atoms with Crippen molar-refractivity contribution in [2.75, 3.05) is 25.6 Å². The highest BCUT2D eigenvalue weighted by Crippen LogP contribution is 2.38. The minimum Gasteiger partial charge on any atom is -0.497 e. The molecule has 0 atom stereocenters. The van der Waals surface area contributed by atoms with Crippen LogP contribution in [0.5, 0.6) is 5.75 Å². The van der Waals surface area contributed by atoms with Crippen molar-refractivity contribution in [2.24, 2.45) is 0 Å². The number of hydrogen-bond donors (Lipinski definition) is 1. The van der Waals surface area contributed by atoms with Crippen LogP contribution in [0.25, 0.3) is 0 Å². The molecule has 0 bridgehead atoms. The number of carbonyl (C=O) groups excluding carboxylic acids is 1. The first-order valence-electron chi connectivity index (χ1n) is 9.23. The van der Waals surface area contributed by atoms with Crippen molar-refractivity contribution in [3.8, 4) is 5.75 Å². The van der Waals surface area contributed by atoms with Crippen molar-refractivity contribution in [3.63, 3.8) is 0 Å². The standard InChI is InChI=1S/C20H24N2O3S/c1-24-15-8-6-14(7-9-15)20(10-12-25-13-11-20)18(23)22-19-21-16-4-2-3-5-17(16)26-19/h6-9H,2-5,10-13H2,1H3,(H,21,22,23). The van der Waals surface area contributed by atoms with E-state index in [4.69, 9.17) is 9.47 Å². The molecule has 2 heterocycles. The van der Waals surface area contributed by atoms with Crippen molar-refractivity contribution in [1.82, 2.24) is 4.98 Å². The number of aryl methyl sites for hydroxylation is 2. The second kappa shape index (κ2) is 7.37. The number of carbonyl (C=O) groups is 1. The number of ether oxygens (including phenoxy) is 2. The van der Waals surface area contributed by atoms with Gasteiger partial charge < -0.3 is 14.8 Å². The summed E-state index contributed by atoms with van der Waals surface area (Å²) in [5, 5.41) is 3.86. The van der Waals surface area contributed by atoms with E-state index in [0.717, 1.165) is 29.3 Å². The second-order valence-electron chi connectivity index (χ2n) is 6.97. The summed E-state index contributed by atoms with van der Waals surface area (Å²) < 4.78 is 10.8. The molecular weight excluding hydrogens is 348 g/mol. The highest BCUT2D eigenvalue weighted by atomic mass is 32.1. The maximum Gasteiger partial charge on any atom is 0.236 e. The Bertz CT molecular complexity index is 755. The predicted molar refractivity (Wildman–Crippen MR) is 102 cm³/mol. The minimum absolute atomic E-state index is 0.0251. The Labute approximate surface area is 157 Å². The SMILES string of the molecule is COc1ccc(C2(C(=O)Nc3nc4c(s3)CCCC4)CCOCC2)cc1. The molecule has 1 saturated heterocycles. The van der Waals surface area contributed by atoms with E-state index in [9.17, 15) is 4.79 Å². The zero-order valence-corrected chi connectivity index (χ0v) is 15.9. The van der Waals surface area contributed by atoms with Gasteiger partial charge in [-0.25, -0.2) is 4.98 Å². The molecular formula is C20H24N2O3S. The summed E-state index contributed by atoms with van der Waals surface area (Å²) in [5.74, 6) is 0.820. The molecule has 6 heteroatoms. The van der Waals surface area contributed by atoms with Gasteiger partial charge in [-0.3, -0.25) is 4.79 Å². The van der Waals surface area contributed by atoms with Gasteiger partial charge in [-0.2, -0.15) is 0 Å². The van der Waals surface area contributed by atoms with Crippen LogP contribution in [0.1, 0.15) is 41.8 Å². The van der Waals surface area contributed by atoms with Gasteiger partial charge in [0.2, 0.25) is 5.91 Å². The van der Waals surface area contributed by atoms with Crippen molar-refractivity contribution >= 4 is 22.4 Å². The van der Waals surface area contributed by atoms with E-state index in [1.54, 1.807) is 18.4 Å². The van der Waals surface area contributed by atoms with Crippen molar-refractivity contribution in [3.05, 3.63) is 40.4 Å². The maximum absolute atomic E-state index is 13.3. The first kappa shape index (κ1) is 17.5. The molecule has 1 fully saturated rings. The van der Waals surface area contributed by atoms with Gasteiger partial charge in [0.1, 0.15) is 5.75 Å². The molecule has 138 valence electrons. The number of benzene rings is 1. The molecule has 2 aliphatic rings. The largest absolute Gasteiger partial charge is 0.497 e. The molecule has 26 heavy (non-hydrogen) atoms. The van der Waals surface area contributed by atoms with Gasteiger partial charge >= 0.3 is 0 Å². The lowest BCUT2D eigenvalue weighted by molar-refractivity contribution is -0.125. The fraction of sp³-hybridized carbons (Fsp3) is 0.500. The molecule has 0 unspecified atom stereocenters. The number of aromatic nitrogens is 1. The normalized spacial score (nSPS) is 18.8. The molecule has 4 rings (SSSR count). The van der Waals surface area contributed by atoms with E-state index in [1.807, 2.05) is 24.3 Å². The van der Waals surface area contributed by atoms with Gasteiger partial charge in [-0.05, 0) is 56.2 Å². The molecule has 0 radical (unpaired) electrons. The first-order chi connectivity index (χ1) is 12.7. The van der Waals surface area contributed by atoms with Gasteiger partial charge in [0, 0.05) is 18.1 Å². The van der Waals surface area contributed by atoms with E-state index in [2.05, 4.69) is 10.3 Å². The van der Waals surface area contributed by atoms with Crippen LogP contribution < -0.4 is 10.1 Å². The smallest absolute Gasteiger partial charge is 0.236 e. The molecule has 5 nitrogen and oxygen atoms in total. The van der Waals surface area contributed by atoms with Gasteiger partial charge in [0.15, 0.2) is 5.13 Å². The zero-order chi connectivity index (χ0) is 18.0. The number of rotatable bonds is 4. The summed E-state index contributed by atoms with van der Waals surface area (Å²) in [6.07, 6.45) is 5.87. The number of anilines is 1. The maximum atomic E-state index is 13.3. The number of hydrogen-bond acceptors (Lipinski definition) is 5. The predicted octanol–water partition coefficient (Wildman–Crippen LogP) is 3.72. The fourth-order valence-corrected chi connectivity index (χ4v) is 4.94. The van der Waals surface area contributed by atoms with E-state index in [1.165, 1.54) is 23.4 Å². The van der Waals surface area contributed by atoms with Crippen molar-refractivity contribution < 1.29 is 14.3 Å². The number of nitrogens with one attached hydrogen (secondary N) is 1. The second-order valence-corrected chi connectivity index (χ2v) is 8.06. The number of methoxy groups -OCH3 is 1. The number of fused-ring (bicyclic) bond motifs is 1. The van der Waals surface area contributed by atoms with Crippen LogP contribution in [0.15, 0.2) is 24.3 Å². The van der Waals surface area contributed by atoms with Crippen LogP contribution in [-0.2, 0) is 27.8 Å². The van der Waals surface area contributed by atoms with Crippen LogP contribution in [0.4, 0.5) is 5.13 Å². The Morgan fingerprint density at radius 1 is 1.19 bits per heavy atom. The zero-order valence-electron chi connectivity index (χ0n) is 15.0. The summed E-state index contributed by atoms with van der Waals surface area (Å²) in [5.41, 5.74) is 1.61. The van der Waals surface area contributed by atoms with Gasteiger partial charge in [0.05, 0.1) is 18.2 Å². The van der Waals surface area contributed by atoms with Crippen LogP contribution in [0.3, 0.4) is 0 Å². The highest BCUT2D eigenvalue weighted by molar-refractivity contribution is 7.15. The Kier molecular flexibility index (Phi) is 4.96. The van der Waals surface area contributed by atoms with Crippen molar-refractivity contribution in [1.29, 1.82) is 0 Å². The lowest BCUT2D eigenvalue weighted by atomic mass is 9.73. The summed E-state index contributed by atoms with van der Waals surface area (Å²) in [6.45, 7) is 1.18. The molecule has 0 spiro atoms. The number of nitrogens with zero attached hydrogens (tertiary/aromatic N) is 1. The molecule has 1 aromatic heterocycles. The number of thiazole rings is 1. The third-order valence-electron chi connectivity index (χ3n) is 5.49. The van der Waals surface area contributed by atoms with Gasteiger partial charge in [-0.15, -0.1) is 11.3 Å². The molecule has 1 aromatic carbocycles. The topological polar surface area (TPSA) is 60.5 Å². The lowest BCUT2D eigenvalue weighted by Gasteiger charge is -2.36. The Morgan fingerprint density at radius 2 is 1.92 bits per heavy atom. The monoisotopic (exact) mass is 372 g/mol. The summed E-state index contributed by atoms with van der Waals surface area (Å²) in [7, 11) is 1.65. The van der Waals surface area contributed by atoms with Gasteiger partial charge in [-0.1, -0.05) is 12.1 Å². The molecule has 1 aliphatic carbocycles. The van der Waals surface area contributed by atoms with Crippen LogP contribution in [0, 0.1) is 0 Å². The lowest BCUT2D eigenvalue weighted by Crippen LogP contribution is -2.44. The number of amides is 1. The molecule has 2 aromatic rings.